The van der Waals surface area contributed by atoms with Gasteiger partial charge in [-0.3, -0.25) is 0 Å². The topological polar surface area (TPSA) is 64.0 Å². The SMILES string of the molecule is CNS(=O)(=O)c1ccc(CCc2ccccc2)c(-c2cn(C3CC3)cn2)c1. The Bertz CT molecular complexity index is 1040. The molecule has 0 aliphatic heterocycles. The maximum Gasteiger partial charge on any atom is 0.240 e. The number of rotatable bonds is 7. The van der Waals surface area contributed by atoms with Crippen molar-refractivity contribution >= 4 is 10.0 Å². The molecule has 0 unspecified atom stereocenters. The van der Waals surface area contributed by atoms with Crippen LogP contribution in [0.2, 0.25) is 0 Å². The third-order valence-corrected chi connectivity index (χ3v) is 6.44. The zero-order valence-electron chi connectivity index (χ0n) is 15.3. The van der Waals surface area contributed by atoms with Crippen LogP contribution in [0, 0.1) is 0 Å². The zero-order valence-corrected chi connectivity index (χ0v) is 16.1. The third-order valence-electron chi connectivity index (χ3n) is 5.03. The quantitative estimate of drug-likeness (QED) is 0.680. The largest absolute Gasteiger partial charge is 0.334 e. The average molecular weight is 382 g/mol. The van der Waals surface area contributed by atoms with Gasteiger partial charge in [0.25, 0.3) is 0 Å². The van der Waals surface area contributed by atoms with Gasteiger partial charge in [-0.1, -0.05) is 36.4 Å². The van der Waals surface area contributed by atoms with E-state index < -0.39 is 10.0 Å². The van der Waals surface area contributed by atoms with E-state index in [1.54, 1.807) is 12.1 Å². The van der Waals surface area contributed by atoms with E-state index in [1.165, 1.54) is 25.5 Å². The molecule has 1 saturated carbocycles. The molecule has 0 spiro atoms. The molecule has 1 N–H and O–H groups in total. The summed E-state index contributed by atoms with van der Waals surface area (Å²) in [4.78, 5) is 4.83. The first-order valence-corrected chi connectivity index (χ1v) is 10.7. The monoisotopic (exact) mass is 381 g/mol. The number of nitrogens with one attached hydrogen (secondary N) is 1. The first kappa shape index (κ1) is 17.9. The van der Waals surface area contributed by atoms with E-state index >= 15 is 0 Å². The van der Waals surface area contributed by atoms with Crippen molar-refractivity contribution in [3.05, 3.63) is 72.2 Å². The fourth-order valence-corrected chi connectivity index (χ4v) is 4.02. The predicted molar refractivity (Wildman–Crippen MR) is 106 cm³/mol. The molecule has 140 valence electrons. The minimum atomic E-state index is -3.49. The molecule has 27 heavy (non-hydrogen) atoms. The van der Waals surface area contributed by atoms with Gasteiger partial charge in [0, 0.05) is 17.8 Å². The molecule has 2 aromatic carbocycles. The second-order valence-electron chi connectivity index (χ2n) is 6.95. The molecular weight excluding hydrogens is 358 g/mol. The van der Waals surface area contributed by atoms with E-state index in [2.05, 4.69) is 26.4 Å². The van der Waals surface area contributed by atoms with Crippen molar-refractivity contribution < 1.29 is 8.42 Å². The summed E-state index contributed by atoms with van der Waals surface area (Å²) in [6, 6.07) is 16.2. The van der Waals surface area contributed by atoms with Crippen LogP contribution in [0.15, 0.2) is 66.0 Å². The molecule has 0 atom stereocenters. The number of hydrogen-bond donors (Lipinski definition) is 1. The second kappa shape index (κ2) is 7.29. The van der Waals surface area contributed by atoms with E-state index in [4.69, 9.17) is 0 Å². The summed E-state index contributed by atoms with van der Waals surface area (Å²) in [5.74, 6) is 0. The maximum atomic E-state index is 12.3. The van der Waals surface area contributed by atoms with E-state index in [-0.39, 0.29) is 4.90 Å². The summed E-state index contributed by atoms with van der Waals surface area (Å²) in [5.41, 5.74) is 4.09. The van der Waals surface area contributed by atoms with Crippen LogP contribution in [0.4, 0.5) is 0 Å². The zero-order chi connectivity index (χ0) is 18.9. The molecule has 1 aromatic heterocycles. The summed E-state index contributed by atoms with van der Waals surface area (Å²) in [6.45, 7) is 0. The Morgan fingerprint density at radius 1 is 1.11 bits per heavy atom. The minimum absolute atomic E-state index is 0.268. The van der Waals surface area contributed by atoms with Crippen molar-refractivity contribution in [2.24, 2.45) is 0 Å². The minimum Gasteiger partial charge on any atom is -0.334 e. The van der Waals surface area contributed by atoms with Crippen molar-refractivity contribution in [3.63, 3.8) is 0 Å². The predicted octanol–water partition coefficient (Wildman–Crippen LogP) is 3.58. The lowest BCUT2D eigenvalue weighted by Crippen LogP contribution is -2.18. The van der Waals surface area contributed by atoms with Crippen LogP contribution in [0.5, 0.6) is 0 Å². The van der Waals surface area contributed by atoms with E-state index in [9.17, 15) is 8.42 Å². The van der Waals surface area contributed by atoms with Crippen molar-refractivity contribution in [2.45, 2.75) is 36.6 Å². The first-order chi connectivity index (χ1) is 13.1. The fraction of sp³-hybridized carbons (Fsp3) is 0.286. The fourth-order valence-electron chi connectivity index (χ4n) is 3.27. The first-order valence-electron chi connectivity index (χ1n) is 9.21. The Morgan fingerprint density at radius 2 is 1.89 bits per heavy atom. The van der Waals surface area contributed by atoms with Crippen LogP contribution in [0.3, 0.4) is 0 Å². The Hall–Kier alpha value is -2.44. The van der Waals surface area contributed by atoms with Crippen molar-refractivity contribution in [1.29, 1.82) is 0 Å². The molecular formula is C21H23N3O2S. The van der Waals surface area contributed by atoms with Gasteiger partial charge in [0.1, 0.15) is 0 Å². The number of imidazole rings is 1. The molecule has 4 rings (SSSR count). The summed E-state index contributed by atoms with van der Waals surface area (Å²) in [7, 11) is -2.06. The van der Waals surface area contributed by atoms with Gasteiger partial charge in [0.15, 0.2) is 0 Å². The van der Waals surface area contributed by atoms with Crippen molar-refractivity contribution in [2.75, 3.05) is 7.05 Å². The lowest BCUT2D eigenvalue weighted by Gasteiger charge is -2.11. The Labute approximate surface area is 160 Å². The summed E-state index contributed by atoms with van der Waals surface area (Å²) in [5, 5.41) is 0. The highest BCUT2D eigenvalue weighted by atomic mass is 32.2. The van der Waals surface area contributed by atoms with Gasteiger partial charge >= 0.3 is 0 Å². The Balaban J connectivity index is 1.70. The standard InChI is InChI=1S/C21H23N3O2S/c1-22-27(25,26)19-12-9-17(8-7-16-5-3-2-4-6-16)20(13-19)21-14-24(15-23-21)18-10-11-18/h2-6,9,12-15,18,22H,7-8,10-11H2,1H3. The average Bonchev–Trinajstić information content (AvgIpc) is 3.44. The van der Waals surface area contributed by atoms with Crippen LogP contribution in [0.1, 0.15) is 30.0 Å². The number of hydrogen-bond acceptors (Lipinski definition) is 3. The van der Waals surface area contributed by atoms with Gasteiger partial charge in [0.2, 0.25) is 10.0 Å². The van der Waals surface area contributed by atoms with Gasteiger partial charge in [-0.05, 0) is 56.0 Å². The molecule has 0 amide bonds. The highest BCUT2D eigenvalue weighted by molar-refractivity contribution is 7.89. The van der Waals surface area contributed by atoms with Gasteiger partial charge < -0.3 is 4.57 Å². The maximum absolute atomic E-state index is 12.3. The van der Waals surface area contributed by atoms with Crippen molar-refractivity contribution in [3.8, 4) is 11.3 Å². The number of aryl methyl sites for hydroxylation is 2. The summed E-state index contributed by atoms with van der Waals surface area (Å²) in [6.07, 6.45) is 7.99. The highest BCUT2D eigenvalue weighted by Crippen LogP contribution is 2.36. The van der Waals surface area contributed by atoms with Gasteiger partial charge in [-0.2, -0.15) is 0 Å². The molecule has 6 heteroatoms. The molecule has 3 aromatic rings. The van der Waals surface area contributed by atoms with Gasteiger partial charge in [0.05, 0.1) is 16.9 Å². The summed E-state index contributed by atoms with van der Waals surface area (Å²) >= 11 is 0. The molecule has 5 nitrogen and oxygen atoms in total. The smallest absolute Gasteiger partial charge is 0.240 e. The third kappa shape index (κ3) is 3.96. The molecule has 1 fully saturated rings. The normalized spacial score (nSPS) is 14.4. The lowest BCUT2D eigenvalue weighted by molar-refractivity contribution is 0.588. The Morgan fingerprint density at radius 3 is 2.59 bits per heavy atom. The summed E-state index contributed by atoms with van der Waals surface area (Å²) < 4.78 is 29.1. The number of sulfonamides is 1. The Kier molecular flexibility index (Phi) is 4.85. The molecule has 1 aliphatic carbocycles. The van der Waals surface area contributed by atoms with Crippen LogP contribution < -0.4 is 4.72 Å². The lowest BCUT2D eigenvalue weighted by atomic mass is 9.98. The molecule has 0 radical (unpaired) electrons. The van der Waals surface area contributed by atoms with Crippen LogP contribution >= 0.6 is 0 Å². The van der Waals surface area contributed by atoms with E-state index in [0.717, 1.165) is 29.7 Å². The second-order valence-corrected chi connectivity index (χ2v) is 8.84. The molecule has 1 aliphatic rings. The highest BCUT2D eigenvalue weighted by Gasteiger charge is 2.24. The van der Waals surface area contributed by atoms with Crippen LogP contribution in [-0.2, 0) is 22.9 Å². The van der Waals surface area contributed by atoms with Gasteiger partial charge in [-0.25, -0.2) is 18.1 Å². The number of aromatic nitrogens is 2. The number of nitrogens with zero attached hydrogens (tertiary/aromatic N) is 2. The van der Waals surface area contributed by atoms with Crippen molar-refractivity contribution in [1.82, 2.24) is 14.3 Å². The molecule has 0 bridgehead atoms. The van der Waals surface area contributed by atoms with E-state index in [1.807, 2.05) is 36.8 Å². The van der Waals surface area contributed by atoms with Crippen LogP contribution in [-0.4, -0.2) is 25.0 Å². The number of benzene rings is 2. The van der Waals surface area contributed by atoms with Gasteiger partial charge in [-0.15, -0.1) is 0 Å². The molecule has 1 heterocycles. The van der Waals surface area contributed by atoms with Crippen LogP contribution in [0.25, 0.3) is 11.3 Å². The van der Waals surface area contributed by atoms with E-state index in [0.29, 0.717) is 6.04 Å². The molecule has 0 saturated heterocycles.